The molecule has 0 spiro atoms. The standard InChI is InChI=1S/C12H14N2O2/c1-3-16-11-6-4-10(5-7-11)14-12(15)8-9(2)13-14/h4-8,15H,3H2,1-2H3. The molecule has 16 heavy (non-hydrogen) atoms. The molecule has 0 aliphatic rings. The van der Waals surface area contributed by atoms with Gasteiger partial charge >= 0.3 is 0 Å². The van der Waals surface area contributed by atoms with Gasteiger partial charge in [-0.25, -0.2) is 4.68 Å². The van der Waals surface area contributed by atoms with Gasteiger partial charge in [0.25, 0.3) is 0 Å². The van der Waals surface area contributed by atoms with E-state index in [1.54, 1.807) is 6.07 Å². The second kappa shape index (κ2) is 4.26. The SMILES string of the molecule is CCOc1ccc(-n2nc(C)cc2O)cc1. The molecule has 0 saturated heterocycles. The van der Waals surface area contributed by atoms with Crippen molar-refractivity contribution in [2.24, 2.45) is 0 Å². The van der Waals surface area contributed by atoms with Crippen LogP contribution < -0.4 is 4.74 Å². The largest absolute Gasteiger partial charge is 0.494 e. The van der Waals surface area contributed by atoms with Crippen molar-refractivity contribution in [2.75, 3.05) is 6.61 Å². The molecular weight excluding hydrogens is 204 g/mol. The van der Waals surface area contributed by atoms with Crippen molar-refractivity contribution < 1.29 is 9.84 Å². The summed E-state index contributed by atoms with van der Waals surface area (Å²) < 4.78 is 6.83. The Balaban J connectivity index is 2.31. The van der Waals surface area contributed by atoms with E-state index in [0.29, 0.717) is 6.61 Å². The first-order valence-electron chi connectivity index (χ1n) is 5.19. The molecule has 1 N–H and O–H groups in total. The Morgan fingerprint density at radius 3 is 2.50 bits per heavy atom. The number of aryl methyl sites for hydroxylation is 1. The molecule has 0 atom stereocenters. The highest BCUT2D eigenvalue weighted by Crippen LogP contribution is 2.20. The Labute approximate surface area is 94.1 Å². The van der Waals surface area contributed by atoms with E-state index >= 15 is 0 Å². The highest BCUT2D eigenvalue weighted by Gasteiger charge is 2.05. The molecule has 84 valence electrons. The van der Waals surface area contributed by atoms with Gasteiger partial charge in [0.15, 0.2) is 0 Å². The molecule has 1 heterocycles. The van der Waals surface area contributed by atoms with E-state index in [9.17, 15) is 5.11 Å². The summed E-state index contributed by atoms with van der Waals surface area (Å²) in [7, 11) is 0. The van der Waals surface area contributed by atoms with Crippen molar-refractivity contribution >= 4 is 0 Å². The Morgan fingerprint density at radius 1 is 1.31 bits per heavy atom. The third-order valence-electron chi connectivity index (χ3n) is 2.21. The normalized spacial score (nSPS) is 10.4. The molecule has 0 radical (unpaired) electrons. The summed E-state index contributed by atoms with van der Waals surface area (Å²) in [5.41, 5.74) is 1.60. The molecule has 0 aliphatic heterocycles. The molecule has 4 heteroatoms. The first-order valence-corrected chi connectivity index (χ1v) is 5.19. The lowest BCUT2D eigenvalue weighted by Crippen LogP contribution is -1.97. The first-order chi connectivity index (χ1) is 7.70. The topological polar surface area (TPSA) is 47.3 Å². The minimum atomic E-state index is 0.140. The van der Waals surface area contributed by atoms with Gasteiger partial charge in [-0.1, -0.05) is 0 Å². The van der Waals surface area contributed by atoms with Crippen molar-refractivity contribution in [3.8, 4) is 17.3 Å². The predicted octanol–water partition coefficient (Wildman–Crippen LogP) is 2.29. The van der Waals surface area contributed by atoms with Crippen LogP contribution in [0, 0.1) is 6.92 Å². The maximum Gasteiger partial charge on any atom is 0.214 e. The summed E-state index contributed by atoms with van der Waals surface area (Å²) in [6, 6.07) is 9.05. The number of ether oxygens (including phenoxy) is 1. The lowest BCUT2D eigenvalue weighted by Gasteiger charge is -2.05. The maximum atomic E-state index is 9.63. The van der Waals surface area contributed by atoms with Crippen LogP contribution >= 0.6 is 0 Å². The number of nitrogens with zero attached hydrogens (tertiary/aromatic N) is 2. The van der Waals surface area contributed by atoms with Crippen LogP contribution in [0.4, 0.5) is 0 Å². The quantitative estimate of drug-likeness (QED) is 0.859. The number of rotatable bonds is 3. The Kier molecular flexibility index (Phi) is 2.81. The van der Waals surface area contributed by atoms with Crippen molar-refractivity contribution in [1.29, 1.82) is 0 Å². The van der Waals surface area contributed by atoms with Gasteiger partial charge in [0, 0.05) is 6.07 Å². The lowest BCUT2D eigenvalue weighted by molar-refractivity contribution is 0.340. The van der Waals surface area contributed by atoms with Crippen LogP contribution in [0.15, 0.2) is 30.3 Å². The molecule has 0 saturated carbocycles. The van der Waals surface area contributed by atoms with Crippen LogP contribution in [0.25, 0.3) is 5.69 Å². The zero-order chi connectivity index (χ0) is 11.5. The van der Waals surface area contributed by atoms with Gasteiger partial charge in [0.1, 0.15) is 5.75 Å². The zero-order valence-electron chi connectivity index (χ0n) is 9.34. The molecule has 2 rings (SSSR count). The molecule has 1 aromatic heterocycles. The second-order valence-electron chi connectivity index (χ2n) is 3.48. The summed E-state index contributed by atoms with van der Waals surface area (Å²) in [6.07, 6.45) is 0. The average Bonchev–Trinajstić information content (AvgIpc) is 2.59. The molecule has 0 bridgehead atoms. The Bertz CT molecular complexity index is 474. The van der Waals surface area contributed by atoms with Gasteiger partial charge in [-0.05, 0) is 38.1 Å². The average molecular weight is 218 g/mol. The van der Waals surface area contributed by atoms with E-state index in [4.69, 9.17) is 4.74 Å². The van der Waals surface area contributed by atoms with Crippen LogP contribution in [-0.4, -0.2) is 21.5 Å². The zero-order valence-corrected chi connectivity index (χ0v) is 9.34. The predicted molar refractivity (Wildman–Crippen MR) is 61.1 cm³/mol. The molecule has 1 aromatic carbocycles. The van der Waals surface area contributed by atoms with E-state index in [0.717, 1.165) is 17.1 Å². The highest BCUT2D eigenvalue weighted by molar-refractivity contribution is 5.39. The van der Waals surface area contributed by atoms with E-state index in [-0.39, 0.29) is 5.88 Å². The molecule has 0 fully saturated rings. The molecule has 0 amide bonds. The number of aromatic nitrogens is 2. The molecule has 0 unspecified atom stereocenters. The maximum absolute atomic E-state index is 9.63. The molecular formula is C12H14N2O2. The second-order valence-corrected chi connectivity index (χ2v) is 3.48. The number of aromatic hydroxyl groups is 1. The van der Waals surface area contributed by atoms with Crippen LogP contribution in [0.2, 0.25) is 0 Å². The Morgan fingerprint density at radius 2 is 2.00 bits per heavy atom. The van der Waals surface area contributed by atoms with E-state index in [2.05, 4.69) is 5.10 Å². The summed E-state index contributed by atoms with van der Waals surface area (Å²) in [6.45, 7) is 4.42. The van der Waals surface area contributed by atoms with Crippen molar-refractivity contribution in [1.82, 2.24) is 9.78 Å². The summed E-state index contributed by atoms with van der Waals surface area (Å²) in [4.78, 5) is 0. The van der Waals surface area contributed by atoms with Crippen molar-refractivity contribution in [3.05, 3.63) is 36.0 Å². The van der Waals surface area contributed by atoms with Crippen LogP contribution in [0.1, 0.15) is 12.6 Å². The van der Waals surface area contributed by atoms with E-state index in [1.165, 1.54) is 4.68 Å². The van der Waals surface area contributed by atoms with Crippen molar-refractivity contribution in [2.45, 2.75) is 13.8 Å². The van der Waals surface area contributed by atoms with Crippen LogP contribution in [0.5, 0.6) is 11.6 Å². The summed E-state index contributed by atoms with van der Waals surface area (Å²) >= 11 is 0. The summed E-state index contributed by atoms with van der Waals surface area (Å²) in [5, 5.41) is 13.8. The number of benzene rings is 1. The van der Waals surface area contributed by atoms with Gasteiger partial charge in [-0.2, -0.15) is 5.10 Å². The van der Waals surface area contributed by atoms with Gasteiger partial charge in [0.2, 0.25) is 5.88 Å². The molecule has 2 aromatic rings. The summed E-state index contributed by atoms with van der Waals surface area (Å²) in [5.74, 6) is 0.955. The fourth-order valence-corrected chi connectivity index (χ4v) is 1.53. The molecule has 0 aliphatic carbocycles. The number of hydrogen-bond acceptors (Lipinski definition) is 3. The fraction of sp³-hybridized carbons (Fsp3) is 0.250. The lowest BCUT2D eigenvalue weighted by atomic mass is 10.3. The monoisotopic (exact) mass is 218 g/mol. The van der Waals surface area contributed by atoms with Crippen molar-refractivity contribution in [3.63, 3.8) is 0 Å². The highest BCUT2D eigenvalue weighted by atomic mass is 16.5. The van der Waals surface area contributed by atoms with Gasteiger partial charge < -0.3 is 9.84 Å². The van der Waals surface area contributed by atoms with E-state index < -0.39 is 0 Å². The van der Waals surface area contributed by atoms with E-state index in [1.807, 2.05) is 38.1 Å². The minimum Gasteiger partial charge on any atom is -0.494 e. The van der Waals surface area contributed by atoms with Gasteiger partial charge in [0.05, 0.1) is 18.0 Å². The molecule has 4 nitrogen and oxygen atoms in total. The smallest absolute Gasteiger partial charge is 0.214 e. The minimum absolute atomic E-state index is 0.140. The van der Waals surface area contributed by atoms with Crippen LogP contribution in [-0.2, 0) is 0 Å². The third kappa shape index (κ3) is 2.00. The first kappa shape index (κ1) is 10.5. The van der Waals surface area contributed by atoms with Crippen LogP contribution in [0.3, 0.4) is 0 Å². The van der Waals surface area contributed by atoms with Gasteiger partial charge in [-0.15, -0.1) is 0 Å². The number of hydrogen-bond donors (Lipinski definition) is 1. The fourth-order valence-electron chi connectivity index (χ4n) is 1.53. The Hall–Kier alpha value is -1.97. The van der Waals surface area contributed by atoms with Gasteiger partial charge in [-0.3, -0.25) is 0 Å². The third-order valence-corrected chi connectivity index (χ3v) is 2.21.